The van der Waals surface area contributed by atoms with Crippen LogP contribution in [-0.2, 0) is 0 Å². The zero-order chi connectivity index (χ0) is 3.41. The van der Waals surface area contributed by atoms with Gasteiger partial charge < -0.3 is 0 Å². The molecule has 1 unspecified atom stereocenters. The van der Waals surface area contributed by atoms with Gasteiger partial charge in [-0.15, -0.1) is 35.6 Å². The highest BCUT2D eigenvalue weighted by Crippen LogP contribution is 1.75. The van der Waals surface area contributed by atoms with Crippen molar-refractivity contribution in [3.05, 3.63) is 0 Å². The van der Waals surface area contributed by atoms with Crippen molar-refractivity contribution < 1.29 is 0 Å². The van der Waals surface area contributed by atoms with Gasteiger partial charge in [-0.05, 0) is 0 Å². The SMILES string of the molecule is Cl.ClCCCl.P. The standard InChI is InChI=1S/C2H4Cl2.ClH.H3P/c3-1-2-4;;/h1-2H2;1H;1H3. The van der Waals surface area contributed by atoms with Crippen molar-refractivity contribution in [3.8, 4) is 0 Å². The van der Waals surface area contributed by atoms with E-state index in [0.717, 1.165) is 0 Å². The van der Waals surface area contributed by atoms with Crippen molar-refractivity contribution in [2.24, 2.45) is 0 Å². The minimum atomic E-state index is 0. The van der Waals surface area contributed by atoms with E-state index in [2.05, 4.69) is 0 Å². The third-order valence-corrected chi connectivity index (χ3v) is 0.643. The molecule has 0 aliphatic carbocycles. The van der Waals surface area contributed by atoms with Crippen molar-refractivity contribution in [1.82, 2.24) is 0 Å². The highest BCUT2D eigenvalue weighted by atomic mass is 35.5. The first-order chi connectivity index (χ1) is 1.91. The van der Waals surface area contributed by atoms with Gasteiger partial charge in [-0.3, -0.25) is 0 Å². The van der Waals surface area contributed by atoms with Crippen LogP contribution in [0.1, 0.15) is 0 Å². The molecule has 42 valence electrons. The van der Waals surface area contributed by atoms with Gasteiger partial charge in [0.05, 0.1) is 0 Å². The second-order valence-corrected chi connectivity index (χ2v) is 1.13. The topological polar surface area (TPSA) is 0 Å². The lowest BCUT2D eigenvalue weighted by Crippen LogP contribution is -1.63. The van der Waals surface area contributed by atoms with Crippen LogP contribution in [-0.4, -0.2) is 11.8 Å². The summed E-state index contributed by atoms with van der Waals surface area (Å²) in [6.45, 7) is 0. The van der Waals surface area contributed by atoms with Gasteiger partial charge in [0, 0.05) is 11.8 Å². The molecule has 0 spiro atoms. The summed E-state index contributed by atoms with van der Waals surface area (Å²) >= 11 is 10.1. The van der Waals surface area contributed by atoms with Crippen LogP contribution in [0.5, 0.6) is 0 Å². The summed E-state index contributed by atoms with van der Waals surface area (Å²) in [6.07, 6.45) is 0. The lowest BCUT2D eigenvalue weighted by atomic mass is 11.0. The Morgan fingerprint density at radius 2 is 1.17 bits per heavy atom. The molecule has 0 saturated heterocycles. The molecule has 0 rings (SSSR count). The van der Waals surface area contributed by atoms with Crippen LogP contribution >= 0.6 is 45.5 Å². The van der Waals surface area contributed by atoms with Gasteiger partial charge in [0.15, 0.2) is 0 Å². The molecule has 0 aromatic heterocycles. The average molecular weight is 169 g/mol. The van der Waals surface area contributed by atoms with Crippen LogP contribution in [0.3, 0.4) is 0 Å². The van der Waals surface area contributed by atoms with E-state index in [9.17, 15) is 0 Å². The van der Waals surface area contributed by atoms with E-state index in [1.54, 1.807) is 0 Å². The Bertz CT molecular complexity index is 10.8. The van der Waals surface area contributed by atoms with Crippen LogP contribution in [0.15, 0.2) is 0 Å². The molecule has 0 bridgehead atoms. The first-order valence-corrected chi connectivity index (χ1v) is 2.10. The van der Waals surface area contributed by atoms with Gasteiger partial charge in [0.1, 0.15) is 0 Å². The fourth-order valence-electron chi connectivity index (χ4n) is 0. The van der Waals surface area contributed by atoms with Crippen LogP contribution in [0.2, 0.25) is 0 Å². The summed E-state index contributed by atoms with van der Waals surface area (Å²) in [4.78, 5) is 0. The summed E-state index contributed by atoms with van der Waals surface area (Å²) in [7, 11) is 0. The van der Waals surface area contributed by atoms with Crippen molar-refractivity contribution in [3.63, 3.8) is 0 Å². The molecule has 0 nitrogen and oxygen atoms in total. The maximum Gasteiger partial charge on any atom is 0.0359 e. The quantitative estimate of drug-likeness (QED) is 0.416. The van der Waals surface area contributed by atoms with E-state index in [0.29, 0.717) is 11.8 Å². The summed E-state index contributed by atoms with van der Waals surface area (Å²) in [5.41, 5.74) is 0. The molecule has 0 N–H and O–H groups in total. The molecule has 0 amide bonds. The number of halogens is 3. The molecular formula is C2H8Cl3P. The van der Waals surface area contributed by atoms with E-state index >= 15 is 0 Å². The highest BCUT2D eigenvalue weighted by molar-refractivity contribution is 6.92. The summed E-state index contributed by atoms with van der Waals surface area (Å²) in [6, 6.07) is 0. The molecule has 0 aliphatic rings. The van der Waals surface area contributed by atoms with E-state index in [4.69, 9.17) is 23.2 Å². The maximum absolute atomic E-state index is 5.05. The van der Waals surface area contributed by atoms with Gasteiger partial charge in [0.25, 0.3) is 0 Å². The third-order valence-electron chi connectivity index (χ3n) is 0.0714. The largest absolute Gasteiger partial charge is 0.153 e. The molecule has 0 saturated carbocycles. The van der Waals surface area contributed by atoms with Gasteiger partial charge in [-0.1, -0.05) is 0 Å². The normalized spacial score (nSPS) is 5.00. The molecule has 0 radical (unpaired) electrons. The summed E-state index contributed by atoms with van der Waals surface area (Å²) in [5, 5.41) is 0. The third kappa shape index (κ3) is 18.5. The van der Waals surface area contributed by atoms with E-state index in [1.165, 1.54) is 0 Å². The van der Waals surface area contributed by atoms with Crippen LogP contribution < -0.4 is 0 Å². The van der Waals surface area contributed by atoms with Crippen LogP contribution in [0.25, 0.3) is 0 Å². The highest BCUT2D eigenvalue weighted by Gasteiger charge is 1.61. The molecule has 0 aromatic rings. The zero-order valence-corrected chi connectivity index (χ0v) is 7.03. The van der Waals surface area contributed by atoms with Crippen molar-refractivity contribution in [1.29, 1.82) is 0 Å². The lowest BCUT2D eigenvalue weighted by Gasteiger charge is -1.63. The smallest absolute Gasteiger partial charge is 0.0359 e. The van der Waals surface area contributed by atoms with Gasteiger partial charge in [0.2, 0.25) is 0 Å². The molecular weight excluding hydrogens is 161 g/mol. The average Bonchev–Trinajstić information content (AvgIpc) is 1.37. The molecule has 0 aliphatic heterocycles. The number of rotatable bonds is 1. The lowest BCUT2D eigenvalue weighted by molar-refractivity contribution is 1.52. The fraction of sp³-hybridized carbons (Fsp3) is 1.00. The van der Waals surface area contributed by atoms with Gasteiger partial charge in [-0.25, -0.2) is 0 Å². The molecule has 0 heterocycles. The maximum atomic E-state index is 5.05. The number of hydrogen-bond donors (Lipinski definition) is 0. The fourth-order valence-corrected chi connectivity index (χ4v) is 0. The Hall–Kier alpha value is 1.30. The Morgan fingerprint density at radius 3 is 1.17 bits per heavy atom. The molecule has 1 atom stereocenters. The van der Waals surface area contributed by atoms with Crippen molar-refractivity contribution in [2.75, 3.05) is 11.8 Å². The zero-order valence-electron chi connectivity index (χ0n) is 3.29. The second-order valence-electron chi connectivity index (χ2n) is 0.378. The molecule has 0 fully saturated rings. The predicted molar refractivity (Wildman–Crippen MR) is 39.8 cm³/mol. The Kier molecular flexibility index (Phi) is 42.4. The molecule has 0 aromatic carbocycles. The Morgan fingerprint density at radius 1 is 1.00 bits per heavy atom. The predicted octanol–water partition coefficient (Wildman–Crippen LogP) is 1.94. The summed E-state index contributed by atoms with van der Waals surface area (Å²) < 4.78 is 0. The van der Waals surface area contributed by atoms with Crippen molar-refractivity contribution in [2.45, 2.75) is 0 Å². The minimum Gasteiger partial charge on any atom is -0.153 e. The minimum absolute atomic E-state index is 0. The number of hydrogen-bond acceptors (Lipinski definition) is 0. The molecule has 6 heavy (non-hydrogen) atoms. The Labute approximate surface area is 57.6 Å². The van der Waals surface area contributed by atoms with Crippen LogP contribution in [0, 0.1) is 0 Å². The van der Waals surface area contributed by atoms with E-state index in [1.807, 2.05) is 0 Å². The first-order valence-electron chi connectivity index (χ1n) is 1.03. The van der Waals surface area contributed by atoms with Gasteiger partial charge in [-0.2, -0.15) is 9.90 Å². The monoisotopic (exact) mass is 168 g/mol. The first kappa shape index (κ1) is 15.7. The molecule has 4 heteroatoms. The second kappa shape index (κ2) is 16.3. The van der Waals surface area contributed by atoms with Crippen LogP contribution in [0.4, 0.5) is 0 Å². The van der Waals surface area contributed by atoms with Gasteiger partial charge >= 0.3 is 0 Å². The van der Waals surface area contributed by atoms with Crippen molar-refractivity contribution >= 4 is 45.5 Å². The summed E-state index contributed by atoms with van der Waals surface area (Å²) in [5.74, 6) is 1.11. The van der Waals surface area contributed by atoms with E-state index < -0.39 is 0 Å². The van der Waals surface area contributed by atoms with E-state index in [-0.39, 0.29) is 22.3 Å². The number of alkyl halides is 2. The Balaban J connectivity index is -0.0000000450.